The van der Waals surface area contributed by atoms with Gasteiger partial charge < -0.3 is 32.2 Å². The summed E-state index contributed by atoms with van der Waals surface area (Å²) in [5.41, 5.74) is 17.4. The van der Waals surface area contributed by atoms with Crippen LogP contribution >= 0.6 is 0 Å². The van der Waals surface area contributed by atoms with Gasteiger partial charge in [-0.3, -0.25) is 0 Å². The average molecular weight is 1040 g/mol. The van der Waals surface area contributed by atoms with Crippen LogP contribution in [-0.2, 0) is 6.42 Å². The van der Waals surface area contributed by atoms with Crippen LogP contribution in [0.1, 0.15) is 11.3 Å². The highest BCUT2D eigenvalue weighted by Gasteiger charge is 2.25. The molecule has 0 N–H and O–H groups in total. The Morgan fingerprint density at radius 1 is 0.321 bits per heavy atom. The van der Waals surface area contributed by atoms with Gasteiger partial charge in [0.25, 0.3) is 0 Å². The van der Waals surface area contributed by atoms with Crippen molar-refractivity contribution in [3.05, 3.63) is 278 Å². The largest absolute Gasteiger partial charge is 0.456 e. The summed E-state index contributed by atoms with van der Waals surface area (Å²) in [6, 6.07) is 88.5. The maximum Gasteiger partial charge on any atom is 0.137 e. The van der Waals surface area contributed by atoms with Crippen LogP contribution in [0.2, 0.25) is 0 Å². The lowest BCUT2D eigenvalue weighted by Gasteiger charge is -2.31. The summed E-state index contributed by atoms with van der Waals surface area (Å²) in [5, 5.41) is 9.92. The number of para-hydroxylation sites is 6. The molecule has 382 valence electrons. The molecular formula is C74H48N4O3. The molecule has 0 saturated carbocycles. The Morgan fingerprint density at radius 3 is 1.37 bits per heavy atom. The molecule has 1 unspecified atom stereocenters. The first-order valence-corrected chi connectivity index (χ1v) is 27.6. The molecule has 0 aliphatic heterocycles. The van der Waals surface area contributed by atoms with Gasteiger partial charge in [-0.25, -0.2) is 0 Å². The second kappa shape index (κ2) is 17.9. The Balaban J connectivity index is 0.734. The van der Waals surface area contributed by atoms with E-state index in [4.69, 9.17) is 13.3 Å². The molecule has 0 radical (unpaired) electrons. The molecule has 0 fully saturated rings. The second-order valence-corrected chi connectivity index (χ2v) is 21.2. The predicted octanol–water partition coefficient (Wildman–Crippen LogP) is 20.2. The third-order valence-corrected chi connectivity index (χ3v) is 16.6. The molecular weight excluding hydrogens is 993 g/mol. The molecule has 81 heavy (non-hydrogen) atoms. The van der Waals surface area contributed by atoms with E-state index in [1.807, 2.05) is 0 Å². The normalized spacial score (nSPS) is 14.0. The molecule has 7 heteroatoms. The maximum atomic E-state index is 6.85. The van der Waals surface area contributed by atoms with E-state index in [2.05, 4.69) is 292 Å². The van der Waals surface area contributed by atoms with E-state index >= 15 is 0 Å². The lowest BCUT2D eigenvalue weighted by molar-refractivity contribution is 0.599. The number of aromatic nitrogens is 2. The van der Waals surface area contributed by atoms with E-state index in [0.717, 1.165) is 117 Å². The Morgan fingerprint density at radius 2 is 0.765 bits per heavy atom. The van der Waals surface area contributed by atoms with E-state index in [-0.39, 0.29) is 6.04 Å². The number of rotatable bonds is 8. The van der Waals surface area contributed by atoms with Gasteiger partial charge in [-0.1, -0.05) is 140 Å². The lowest BCUT2D eigenvalue weighted by atomic mass is 10.0. The minimum Gasteiger partial charge on any atom is -0.456 e. The fraction of sp³-hybridized carbons (Fsp3) is 0.0270. The molecule has 7 nitrogen and oxygen atoms in total. The Bertz CT molecular complexity index is 5220. The zero-order valence-corrected chi connectivity index (χ0v) is 43.8. The van der Waals surface area contributed by atoms with Crippen molar-refractivity contribution < 1.29 is 13.3 Å². The topological polar surface area (TPSA) is 55.8 Å². The summed E-state index contributed by atoms with van der Waals surface area (Å²) in [4.78, 5) is 4.73. The van der Waals surface area contributed by atoms with Gasteiger partial charge in [0.15, 0.2) is 0 Å². The fourth-order valence-corrected chi connectivity index (χ4v) is 12.9. The molecule has 0 saturated heterocycles. The van der Waals surface area contributed by atoms with Crippen LogP contribution in [0.4, 0.5) is 28.4 Å². The van der Waals surface area contributed by atoms with Gasteiger partial charge in [0, 0.05) is 99.9 Å². The summed E-state index contributed by atoms with van der Waals surface area (Å²) < 4.78 is 25.2. The summed E-state index contributed by atoms with van der Waals surface area (Å²) in [6.45, 7) is 0. The predicted molar refractivity (Wildman–Crippen MR) is 335 cm³/mol. The SMILES string of the molecule is C1=CC(N(c2ccccc2)c2ccc3c4ccccc4n(-c4ccccc4)c3c2)/C=C\c2oc3cc4c(cc3c2C1)oc1cc2c(cc14)oc1cc(N(c3ccccc3)c3ccc4c5ccccc5n(-c5ccccc5)c4c3)ccc12. The van der Waals surface area contributed by atoms with Gasteiger partial charge in [-0.05, 0) is 134 Å². The quantitative estimate of drug-likeness (QED) is 0.142. The molecule has 0 bridgehead atoms. The van der Waals surface area contributed by atoms with Crippen molar-refractivity contribution >= 4 is 133 Å². The lowest BCUT2D eigenvalue weighted by Crippen LogP contribution is -2.28. The fourth-order valence-electron chi connectivity index (χ4n) is 12.9. The summed E-state index contributed by atoms with van der Waals surface area (Å²) in [6.07, 6.45) is 9.72. The van der Waals surface area contributed by atoms with Crippen LogP contribution in [-0.4, -0.2) is 15.2 Å². The molecule has 1 aliphatic carbocycles. The molecule has 17 rings (SSSR count). The van der Waals surface area contributed by atoms with E-state index in [0.29, 0.717) is 6.42 Å². The van der Waals surface area contributed by atoms with E-state index < -0.39 is 0 Å². The second-order valence-electron chi connectivity index (χ2n) is 21.2. The van der Waals surface area contributed by atoms with Crippen molar-refractivity contribution in [2.24, 2.45) is 0 Å². The number of fused-ring (bicyclic) bond motifs is 15. The smallest absolute Gasteiger partial charge is 0.137 e. The van der Waals surface area contributed by atoms with Crippen LogP contribution in [0, 0.1) is 0 Å². The average Bonchev–Trinajstić information content (AvgIpc) is 4.26. The highest BCUT2D eigenvalue weighted by molar-refractivity contribution is 6.17. The van der Waals surface area contributed by atoms with Crippen molar-refractivity contribution in [1.29, 1.82) is 0 Å². The molecule has 1 atom stereocenters. The number of furan rings is 3. The molecule has 16 aromatic rings. The van der Waals surface area contributed by atoms with E-state index in [1.165, 1.54) is 32.6 Å². The molecule has 0 amide bonds. The monoisotopic (exact) mass is 1040 g/mol. The molecule has 5 aromatic heterocycles. The van der Waals surface area contributed by atoms with Crippen molar-refractivity contribution in [2.45, 2.75) is 12.5 Å². The Labute approximate surface area is 464 Å². The standard InChI is InChI=1S/C74H48N4O3/c1-5-18-47(19-6-1)75(52-32-36-57-55-27-13-15-30-65(55)77(67(57)40-52)49-22-9-3-10-23-49)51-26-17-29-59-61-43-73-63(45-71(61)79-69(59)39-35-51)64-46-72-62(44-74(64)81-73)60-38-34-54(42-70(60)80-72)76(48-20-7-2-8-21-48)53-33-37-58-56-28-14-16-31-66(56)78(68(58)41-53)50-24-11-4-12-25-50/h1-28,30-46,51H,29H2/b26-17?,39-35-. The van der Waals surface area contributed by atoms with Crippen LogP contribution in [0.3, 0.4) is 0 Å². The summed E-state index contributed by atoms with van der Waals surface area (Å²) in [7, 11) is 0. The third kappa shape index (κ3) is 7.15. The van der Waals surface area contributed by atoms with Crippen LogP contribution in [0.25, 0.3) is 116 Å². The highest BCUT2D eigenvalue weighted by atomic mass is 16.3. The minimum atomic E-state index is -0.104. The van der Waals surface area contributed by atoms with E-state index in [9.17, 15) is 0 Å². The number of hydrogen-bond acceptors (Lipinski definition) is 5. The summed E-state index contributed by atoms with van der Waals surface area (Å²) in [5.74, 6) is 0.850. The number of anilines is 5. The third-order valence-electron chi connectivity index (χ3n) is 16.6. The van der Waals surface area contributed by atoms with Gasteiger partial charge in [-0.15, -0.1) is 0 Å². The number of hydrogen-bond donors (Lipinski definition) is 0. The maximum absolute atomic E-state index is 6.85. The molecule has 11 aromatic carbocycles. The number of nitrogens with zero attached hydrogens (tertiary/aromatic N) is 4. The first-order chi connectivity index (χ1) is 40.1. The van der Waals surface area contributed by atoms with Crippen LogP contribution < -0.4 is 9.80 Å². The number of benzene rings is 11. The van der Waals surface area contributed by atoms with Crippen molar-refractivity contribution in [3.8, 4) is 11.4 Å². The molecule has 1 aliphatic rings. The Kier molecular flexibility index (Phi) is 10.0. The van der Waals surface area contributed by atoms with Crippen LogP contribution in [0.15, 0.2) is 280 Å². The van der Waals surface area contributed by atoms with Gasteiger partial charge >= 0.3 is 0 Å². The van der Waals surface area contributed by atoms with Gasteiger partial charge in [0.05, 0.1) is 28.1 Å². The van der Waals surface area contributed by atoms with Gasteiger partial charge in [-0.2, -0.15) is 0 Å². The first-order valence-electron chi connectivity index (χ1n) is 27.6. The minimum absolute atomic E-state index is 0.104. The van der Waals surface area contributed by atoms with Crippen molar-refractivity contribution in [1.82, 2.24) is 9.13 Å². The van der Waals surface area contributed by atoms with Crippen molar-refractivity contribution in [3.63, 3.8) is 0 Å². The molecule has 5 heterocycles. The Hall–Kier alpha value is -10.8. The zero-order chi connectivity index (χ0) is 53.1. The number of allylic oxidation sites excluding steroid dienone is 1. The molecule has 0 spiro atoms. The van der Waals surface area contributed by atoms with Gasteiger partial charge in [0.2, 0.25) is 0 Å². The zero-order valence-electron chi connectivity index (χ0n) is 43.8. The van der Waals surface area contributed by atoms with E-state index in [1.54, 1.807) is 0 Å². The summed E-state index contributed by atoms with van der Waals surface area (Å²) >= 11 is 0. The highest BCUT2D eigenvalue weighted by Crippen LogP contribution is 2.45. The van der Waals surface area contributed by atoms with Crippen LogP contribution in [0.5, 0.6) is 0 Å². The van der Waals surface area contributed by atoms with Crippen molar-refractivity contribution in [2.75, 3.05) is 9.80 Å². The van der Waals surface area contributed by atoms with Gasteiger partial charge in [0.1, 0.15) is 33.7 Å². The first kappa shape index (κ1) is 45.3.